The zero-order chi connectivity index (χ0) is 28.3. The molecule has 0 unspecified atom stereocenters. The van der Waals surface area contributed by atoms with Crippen molar-refractivity contribution in [2.75, 3.05) is 10.8 Å². The van der Waals surface area contributed by atoms with Gasteiger partial charge in [0.2, 0.25) is 0 Å². The van der Waals surface area contributed by atoms with Crippen molar-refractivity contribution in [2.24, 2.45) is 5.10 Å². The fourth-order valence-electron chi connectivity index (χ4n) is 4.30. The summed E-state index contributed by atoms with van der Waals surface area (Å²) in [5.41, 5.74) is 9.64. The van der Waals surface area contributed by atoms with E-state index >= 15 is 0 Å². The Kier molecular flexibility index (Phi) is 8.42. The van der Waals surface area contributed by atoms with Gasteiger partial charge in [-0.05, 0) is 94.3 Å². The zero-order valence-electron chi connectivity index (χ0n) is 22.6. The molecule has 0 atom stereocenters. The number of amides is 1. The van der Waals surface area contributed by atoms with Crippen LogP contribution in [-0.2, 0) is 14.8 Å². The van der Waals surface area contributed by atoms with Gasteiger partial charge in [-0.2, -0.15) is 5.10 Å². The summed E-state index contributed by atoms with van der Waals surface area (Å²) in [6, 6.07) is 21.9. The van der Waals surface area contributed by atoms with Gasteiger partial charge in [-0.15, -0.1) is 0 Å². The van der Waals surface area contributed by atoms with E-state index in [1.807, 2.05) is 71.0 Å². The molecule has 0 spiro atoms. The first-order chi connectivity index (χ1) is 18.5. The largest absolute Gasteiger partial charge is 0.318 e. The van der Waals surface area contributed by atoms with Crippen LogP contribution in [-0.4, -0.2) is 31.7 Å². The van der Waals surface area contributed by atoms with Gasteiger partial charge in [-0.1, -0.05) is 45.8 Å². The Hall–Kier alpha value is -3.69. The minimum Gasteiger partial charge on any atom is -0.318 e. The summed E-state index contributed by atoms with van der Waals surface area (Å²) in [6.07, 6.45) is 1.57. The number of carbonyl (C=O) groups excluding carboxylic acids is 1. The lowest BCUT2D eigenvalue weighted by Crippen LogP contribution is -2.39. The van der Waals surface area contributed by atoms with Gasteiger partial charge >= 0.3 is 0 Å². The molecule has 0 aliphatic rings. The SMILES string of the molecule is Cc1ccc(S(=O)(=O)N(CC(=O)N/N=C\c2cc(C)n(-c3cccc(Br)c3)c2C)c2ccc(C)c(C)c2)cc1. The van der Waals surface area contributed by atoms with Crippen LogP contribution in [0.15, 0.2) is 87.3 Å². The van der Waals surface area contributed by atoms with Gasteiger partial charge in [0.05, 0.1) is 16.8 Å². The van der Waals surface area contributed by atoms with Gasteiger partial charge < -0.3 is 4.57 Å². The lowest BCUT2D eigenvalue weighted by Gasteiger charge is -2.24. The Bertz CT molecular complexity index is 1660. The number of hydrogen-bond acceptors (Lipinski definition) is 4. The molecule has 1 aromatic heterocycles. The highest BCUT2D eigenvalue weighted by molar-refractivity contribution is 9.10. The first-order valence-electron chi connectivity index (χ1n) is 12.4. The lowest BCUT2D eigenvalue weighted by molar-refractivity contribution is -0.119. The molecule has 0 aliphatic carbocycles. The number of aromatic nitrogens is 1. The van der Waals surface area contributed by atoms with Gasteiger partial charge in [0.25, 0.3) is 15.9 Å². The summed E-state index contributed by atoms with van der Waals surface area (Å²) in [6.45, 7) is 9.30. The molecule has 4 aromatic rings. The fourth-order valence-corrected chi connectivity index (χ4v) is 6.10. The van der Waals surface area contributed by atoms with Crippen LogP contribution in [0.3, 0.4) is 0 Å². The number of hydrogen-bond donors (Lipinski definition) is 1. The summed E-state index contributed by atoms with van der Waals surface area (Å²) in [5, 5.41) is 4.14. The molecule has 0 radical (unpaired) electrons. The standard InChI is InChI=1S/C30H31BrN4O3S/c1-20-9-13-29(14-10-20)39(37,38)34(27-12-11-21(2)22(3)15-27)19-30(36)33-32-18-25-16-23(4)35(24(25)5)28-8-6-7-26(31)17-28/h6-18H,19H2,1-5H3,(H,33,36)/b32-18-. The summed E-state index contributed by atoms with van der Waals surface area (Å²) < 4.78 is 31.4. The number of nitrogens with one attached hydrogen (secondary N) is 1. The van der Waals surface area contributed by atoms with Crippen molar-refractivity contribution in [3.8, 4) is 5.69 Å². The second-order valence-electron chi connectivity index (χ2n) is 9.53. The highest BCUT2D eigenvalue weighted by Crippen LogP contribution is 2.26. The number of carbonyl (C=O) groups is 1. The molecule has 3 aromatic carbocycles. The monoisotopic (exact) mass is 606 g/mol. The molecule has 4 rings (SSSR count). The molecule has 0 saturated carbocycles. The van der Waals surface area contributed by atoms with Gasteiger partial charge in [0.15, 0.2) is 0 Å². The van der Waals surface area contributed by atoms with Crippen molar-refractivity contribution in [3.05, 3.63) is 111 Å². The van der Waals surface area contributed by atoms with Crippen molar-refractivity contribution in [1.29, 1.82) is 0 Å². The number of sulfonamides is 1. The van der Waals surface area contributed by atoms with Gasteiger partial charge in [0, 0.05) is 27.1 Å². The number of benzene rings is 3. The van der Waals surface area contributed by atoms with Crippen molar-refractivity contribution in [3.63, 3.8) is 0 Å². The average Bonchev–Trinajstić information content (AvgIpc) is 3.17. The molecule has 0 fully saturated rings. The molecule has 1 heterocycles. The van der Waals surface area contributed by atoms with E-state index in [0.717, 1.165) is 48.1 Å². The molecular formula is C30H31BrN4O3S. The molecule has 9 heteroatoms. The Morgan fingerprint density at radius 1 is 0.949 bits per heavy atom. The normalized spacial score (nSPS) is 11.6. The number of rotatable bonds is 8. The Balaban J connectivity index is 1.57. The summed E-state index contributed by atoms with van der Waals surface area (Å²) >= 11 is 3.51. The van der Waals surface area contributed by atoms with E-state index in [0.29, 0.717) is 5.69 Å². The quantitative estimate of drug-likeness (QED) is 0.193. The highest BCUT2D eigenvalue weighted by Gasteiger charge is 2.27. The first kappa shape index (κ1) is 28.3. The van der Waals surface area contributed by atoms with Crippen LogP contribution in [0.1, 0.15) is 33.6 Å². The maximum Gasteiger partial charge on any atom is 0.264 e. The molecule has 39 heavy (non-hydrogen) atoms. The van der Waals surface area contributed by atoms with Crippen LogP contribution in [0.2, 0.25) is 0 Å². The van der Waals surface area contributed by atoms with Crippen LogP contribution >= 0.6 is 15.9 Å². The van der Waals surface area contributed by atoms with Crippen molar-refractivity contribution < 1.29 is 13.2 Å². The van der Waals surface area contributed by atoms with E-state index in [1.54, 1.807) is 42.6 Å². The third-order valence-electron chi connectivity index (χ3n) is 6.60. The number of hydrazone groups is 1. The van der Waals surface area contributed by atoms with Crippen LogP contribution in [0, 0.1) is 34.6 Å². The molecule has 0 saturated heterocycles. The third-order valence-corrected chi connectivity index (χ3v) is 8.89. The maximum absolute atomic E-state index is 13.6. The third kappa shape index (κ3) is 6.32. The van der Waals surface area contributed by atoms with Crippen molar-refractivity contribution >= 4 is 43.8 Å². The van der Waals surface area contributed by atoms with Crippen molar-refractivity contribution in [1.82, 2.24) is 9.99 Å². The predicted molar refractivity (Wildman–Crippen MR) is 160 cm³/mol. The molecule has 0 bridgehead atoms. The molecule has 7 nitrogen and oxygen atoms in total. The highest BCUT2D eigenvalue weighted by atomic mass is 79.9. The summed E-state index contributed by atoms with van der Waals surface area (Å²) in [4.78, 5) is 13.1. The van der Waals surface area contributed by atoms with Crippen LogP contribution in [0.5, 0.6) is 0 Å². The Morgan fingerprint density at radius 2 is 1.67 bits per heavy atom. The minimum absolute atomic E-state index is 0.114. The second-order valence-corrected chi connectivity index (χ2v) is 12.3. The van der Waals surface area contributed by atoms with E-state index in [-0.39, 0.29) is 4.90 Å². The topological polar surface area (TPSA) is 83.8 Å². The first-order valence-corrected chi connectivity index (χ1v) is 14.6. The number of anilines is 1. The van der Waals surface area contributed by atoms with E-state index < -0.39 is 22.5 Å². The van der Waals surface area contributed by atoms with Crippen LogP contribution < -0.4 is 9.73 Å². The molecular weight excluding hydrogens is 576 g/mol. The number of aryl methyl sites for hydroxylation is 4. The Morgan fingerprint density at radius 3 is 2.33 bits per heavy atom. The summed E-state index contributed by atoms with van der Waals surface area (Å²) in [7, 11) is -4.00. The Labute approximate surface area is 238 Å². The van der Waals surface area contributed by atoms with Gasteiger partial charge in [-0.3, -0.25) is 9.10 Å². The molecule has 1 N–H and O–H groups in total. The molecule has 0 aliphatic heterocycles. The van der Waals surface area contributed by atoms with E-state index in [2.05, 4.69) is 31.0 Å². The lowest BCUT2D eigenvalue weighted by atomic mass is 10.1. The number of halogens is 1. The second kappa shape index (κ2) is 11.6. The summed E-state index contributed by atoms with van der Waals surface area (Å²) in [5.74, 6) is -0.555. The van der Waals surface area contributed by atoms with Gasteiger partial charge in [0.1, 0.15) is 6.54 Å². The van der Waals surface area contributed by atoms with Crippen molar-refractivity contribution in [2.45, 2.75) is 39.5 Å². The van der Waals surface area contributed by atoms with Crippen LogP contribution in [0.25, 0.3) is 5.69 Å². The molecule has 1 amide bonds. The zero-order valence-corrected chi connectivity index (χ0v) is 25.0. The van der Waals surface area contributed by atoms with E-state index in [1.165, 1.54) is 0 Å². The van der Waals surface area contributed by atoms with E-state index in [9.17, 15) is 13.2 Å². The number of nitrogens with zero attached hydrogens (tertiary/aromatic N) is 3. The average molecular weight is 608 g/mol. The van der Waals surface area contributed by atoms with E-state index in [4.69, 9.17) is 0 Å². The van der Waals surface area contributed by atoms with Gasteiger partial charge in [-0.25, -0.2) is 13.8 Å². The minimum atomic E-state index is -4.00. The fraction of sp³-hybridized carbons (Fsp3) is 0.200. The predicted octanol–water partition coefficient (Wildman–Crippen LogP) is 6.13. The maximum atomic E-state index is 13.6. The molecule has 202 valence electrons. The van der Waals surface area contributed by atoms with Crippen LogP contribution in [0.4, 0.5) is 5.69 Å². The smallest absolute Gasteiger partial charge is 0.264 e.